The fourth-order valence-corrected chi connectivity index (χ4v) is 1.92. The Balaban J connectivity index is 2.11. The molecule has 0 atom stereocenters. The van der Waals surface area contributed by atoms with Gasteiger partial charge >= 0.3 is 5.97 Å². The summed E-state index contributed by atoms with van der Waals surface area (Å²) in [5.74, 6) is -1.39. The van der Waals surface area contributed by atoms with Crippen LogP contribution in [0.4, 0.5) is 0 Å². The van der Waals surface area contributed by atoms with Crippen molar-refractivity contribution in [3.8, 4) is 0 Å². The van der Waals surface area contributed by atoms with Crippen LogP contribution in [0, 0.1) is 0 Å². The third-order valence-electron chi connectivity index (χ3n) is 2.23. The molecule has 0 spiro atoms. The van der Waals surface area contributed by atoms with Gasteiger partial charge in [0.2, 0.25) is 5.91 Å². The lowest BCUT2D eigenvalue weighted by atomic mass is 10.2. The van der Waals surface area contributed by atoms with Gasteiger partial charge in [0.15, 0.2) is 0 Å². The maximum Gasteiger partial charge on any atom is 0.313 e. The van der Waals surface area contributed by atoms with E-state index in [2.05, 4.69) is 10.6 Å². The SMILES string of the molecule is O=C(O)CSCC(=O)NCCNC(=O)c1ccccc1. The second kappa shape index (κ2) is 8.98. The van der Waals surface area contributed by atoms with Crippen molar-refractivity contribution < 1.29 is 19.5 Å². The van der Waals surface area contributed by atoms with E-state index in [0.29, 0.717) is 18.7 Å². The van der Waals surface area contributed by atoms with E-state index >= 15 is 0 Å². The predicted octanol–water partition coefficient (Wildman–Crippen LogP) is 0.350. The Morgan fingerprint density at radius 1 is 1.00 bits per heavy atom. The quantitative estimate of drug-likeness (QED) is 0.602. The Labute approximate surface area is 120 Å². The second-order valence-corrected chi connectivity index (χ2v) is 4.84. The van der Waals surface area contributed by atoms with Crippen molar-refractivity contribution in [1.29, 1.82) is 0 Å². The summed E-state index contributed by atoms with van der Waals surface area (Å²) in [4.78, 5) is 33.2. The molecular weight excluding hydrogens is 280 g/mol. The van der Waals surface area contributed by atoms with Gasteiger partial charge in [-0.25, -0.2) is 0 Å². The van der Waals surface area contributed by atoms with Crippen LogP contribution in [0.25, 0.3) is 0 Å². The monoisotopic (exact) mass is 296 g/mol. The number of thioether (sulfide) groups is 1. The van der Waals surface area contributed by atoms with E-state index in [1.807, 2.05) is 6.07 Å². The van der Waals surface area contributed by atoms with Crippen LogP contribution < -0.4 is 10.6 Å². The Kier molecular flexibility index (Phi) is 7.20. The molecule has 1 aromatic carbocycles. The van der Waals surface area contributed by atoms with Crippen LogP contribution in [0.3, 0.4) is 0 Å². The van der Waals surface area contributed by atoms with Gasteiger partial charge in [-0.05, 0) is 12.1 Å². The van der Waals surface area contributed by atoms with E-state index < -0.39 is 5.97 Å². The minimum Gasteiger partial charge on any atom is -0.481 e. The molecule has 7 heteroatoms. The summed E-state index contributed by atoms with van der Waals surface area (Å²) < 4.78 is 0. The molecule has 0 fully saturated rings. The average Bonchev–Trinajstić information content (AvgIpc) is 2.44. The van der Waals surface area contributed by atoms with Gasteiger partial charge < -0.3 is 15.7 Å². The van der Waals surface area contributed by atoms with Gasteiger partial charge in [0.25, 0.3) is 5.91 Å². The highest BCUT2D eigenvalue weighted by molar-refractivity contribution is 8.00. The van der Waals surface area contributed by atoms with E-state index in [0.717, 1.165) is 11.8 Å². The van der Waals surface area contributed by atoms with Gasteiger partial charge in [0.05, 0.1) is 11.5 Å². The fourth-order valence-electron chi connectivity index (χ4n) is 1.35. The van der Waals surface area contributed by atoms with Crippen molar-refractivity contribution >= 4 is 29.5 Å². The van der Waals surface area contributed by atoms with Gasteiger partial charge in [-0.1, -0.05) is 18.2 Å². The van der Waals surface area contributed by atoms with Crippen LogP contribution in [0.15, 0.2) is 30.3 Å². The van der Waals surface area contributed by atoms with E-state index in [1.54, 1.807) is 24.3 Å². The highest BCUT2D eigenvalue weighted by Gasteiger charge is 2.05. The topological polar surface area (TPSA) is 95.5 Å². The number of carbonyl (C=O) groups is 3. The van der Waals surface area contributed by atoms with E-state index in [-0.39, 0.29) is 23.3 Å². The lowest BCUT2D eigenvalue weighted by Crippen LogP contribution is -2.35. The number of rotatable bonds is 8. The Hall–Kier alpha value is -2.02. The number of carbonyl (C=O) groups excluding carboxylic acids is 2. The number of hydrogen-bond donors (Lipinski definition) is 3. The molecule has 0 aliphatic carbocycles. The zero-order chi connectivity index (χ0) is 14.8. The molecule has 0 aliphatic heterocycles. The lowest BCUT2D eigenvalue weighted by Gasteiger charge is -2.06. The number of benzene rings is 1. The lowest BCUT2D eigenvalue weighted by molar-refractivity contribution is -0.133. The number of aliphatic carboxylic acids is 1. The summed E-state index contributed by atoms with van der Waals surface area (Å²) in [6, 6.07) is 8.78. The summed E-state index contributed by atoms with van der Waals surface area (Å²) >= 11 is 1.03. The van der Waals surface area contributed by atoms with Gasteiger partial charge in [0, 0.05) is 18.7 Å². The Bertz CT molecular complexity index is 465. The van der Waals surface area contributed by atoms with Crippen molar-refractivity contribution in [1.82, 2.24) is 10.6 Å². The highest BCUT2D eigenvalue weighted by atomic mass is 32.2. The van der Waals surface area contributed by atoms with Crippen LogP contribution in [-0.4, -0.2) is 47.5 Å². The molecule has 0 bridgehead atoms. The molecule has 6 nitrogen and oxygen atoms in total. The molecule has 0 aliphatic rings. The molecule has 108 valence electrons. The first kappa shape index (κ1) is 16.0. The maximum absolute atomic E-state index is 11.6. The molecule has 1 aromatic rings. The summed E-state index contributed by atoms with van der Waals surface area (Å²) in [5, 5.41) is 13.7. The van der Waals surface area contributed by atoms with Crippen molar-refractivity contribution in [3.63, 3.8) is 0 Å². The normalized spacial score (nSPS) is 9.80. The molecule has 1 rings (SSSR count). The van der Waals surface area contributed by atoms with Crippen molar-refractivity contribution in [2.75, 3.05) is 24.6 Å². The summed E-state index contributed by atoms with van der Waals surface area (Å²) in [7, 11) is 0. The summed E-state index contributed by atoms with van der Waals surface area (Å²) in [6.45, 7) is 0.633. The molecule has 3 N–H and O–H groups in total. The number of nitrogens with one attached hydrogen (secondary N) is 2. The van der Waals surface area contributed by atoms with E-state index in [4.69, 9.17) is 5.11 Å². The highest BCUT2D eigenvalue weighted by Crippen LogP contribution is 1.98. The average molecular weight is 296 g/mol. The van der Waals surface area contributed by atoms with Crippen LogP contribution in [0.1, 0.15) is 10.4 Å². The minimum atomic E-state index is -0.946. The molecular formula is C13H16N2O4S. The smallest absolute Gasteiger partial charge is 0.313 e. The van der Waals surface area contributed by atoms with E-state index in [9.17, 15) is 14.4 Å². The zero-order valence-corrected chi connectivity index (χ0v) is 11.6. The molecule has 20 heavy (non-hydrogen) atoms. The number of carboxylic acids is 1. The first-order chi connectivity index (χ1) is 9.59. The summed E-state index contributed by atoms with van der Waals surface area (Å²) in [6.07, 6.45) is 0. The zero-order valence-electron chi connectivity index (χ0n) is 10.8. The third kappa shape index (κ3) is 6.79. The van der Waals surface area contributed by atoms with Crippen LogP contribution >= 0.6 is 11.8 Å². The van der Waals surface area contributed by atoms with Gasteiger partial charge in [-0.15, -0.1) is 11.8 Å². The molecule has 0 unspecified atom stereocenters. The number of carboxylic acid groups (broad SMARTS) is 1. The van der Waals surface area contributed by atoms with Crippen molar-refractivity contribution in [3.05, 3.63) is 35.9 Å². The van der Waals surface area contributed by atoms with Crippen molar-refractivity contribution in [2.24, 2.45) is 0 Å². The fraction of sp³-hybridized carbons (Fsp3) is 0.308. The van der Waals surface area contributed by atoms with Gasteiger partial charge in [0.1, 0.15) is 0 Å². The molecule has 0 saturated heterocycles. The molecule has 0 saturated carbocycles. The standard InChI is InChI=1S/C13H16N2O4S/c16-11(8-20-9-12(17)18)14-6-7-15-13(19)10-4-2-1-3-5-10/h1-5H,6-9H2,(H,14,16)(H,15,19)(H,17,18). The van der Waals surface area contributed by atoms with Gasteiger partial charge in [-0.2, -0.15) is 0 Å². The second-order valence-electron chi connectivity index (χ2n) is 3.86. The van der Waals surface area contributed by atoms with Crippen LogP contribution in [0.5, 0.6) is 0 Å². The van der Waals surface area contributed by atoms with Crippen LogP contribution in [-0.2, 0) is 9.59 Å². The molecule has 0 radical (unpaired) electrons. The van der Waals surface area contributed by atoms with Crippen molar-refractivity contribution in [2.45, 2.75) is 0 Å². The first-order valence-corrected chi connectivity index (χ1v) is 7.14. The maximum atomic E-state index is 11.6. The van der Waals surface area contributed by atoms with E-state index in [1.165, 1.54) is 0 Å². The predicted molar refractivity (Wildman–Crippen MR) is 76.7 cm³/mol. The Morgan fingerprint density at radius 3 is 2.30 bits per heavy atom. The summed E-state index contributed by atoms with van der Waals surface area (Å²) in [5.41, 5.74) is 0.566. The van der Waals surface area contributed by atoms with Crippen LogP contribution in [0.2, 0.25) is 0 Å². The number of amides is 2. The molecule has 0 heterocycles. The third-order valence-corrected chi connectivity index (χ3v) is 3.14. The van der Waals surface area contributed by atoms with Gasteiger partial charge in [-0.3, -0.25) is 14.4 Å². The largest absolute Gasteiger partial charge is 0.481 e. The number of hydrogen-bond acceptors (Lipinski definition) is 4. The first-order valence-electron chi connectivity index (χ1n) is 5.99. The Morgan fingerprint density at radius 2 is 1.65 bits per heavy atom. The minimum absolute atomic E-state index is 0.0962. The molecule has 0 aromatic heterocycles. The molecule has 2 amide bonds.